The summed E-state index contributed by atoms with van der Waals surface area (Å²) in [6.07, 6.45) is 1.79. The molecule has 2 aromatic rings. The number of benzene rings is 1. The third-order valence-electron chi connectivity index (χ3n) is 3.33. The number of halogens is 1. The van der Waals surface area contributed by atoms with Crippen molar-refractivity contribution in [3.8, 4) is 0 Å². The van der Waals surface area contributed by atoms with E-state index in [0.717, 1.165) is 10.9 Å². The Morgan fingerprint density at radius 1 is 1.32 bits per heavy atom. The number of aryl methyl sites for hydroxylation is 1. The predicted octanol–water partition coefficient (Wildman–Crippen LogP) is 3.21. The lowest BCUT2D eigenvalue weighted by Gasteiger charge is -2.17. The number of carboxylic acids is 1. The Bertz CT molecular complexity index is 724. The lowest BCUT2D eigenvalue weighted by atomic mass is 9.89. The molecule has 1 aromatic heterocycles. The fourth-order valence-corrected chi connectivity index (χ4v) is 2.89. The molecule has 1 aliphatic rings. The van der Waals surface area contributed by atoms with E-state index in [1.54, 1.807) is 12.1 Å². The standard InChI is InChI=1S/C14H10BrNO3/c15-7-4-5-9-8(6-7)12(14(18)19)13-10(16-9)2-1-3-11(13)17/h4-6H,1-3H2,(H,18,19). The number of ketones is 1. The van der Waals surface area contributed by atoms with Gasteiger partial charge in [-0.05, 0) is 31.0 Å². The van der Waals surface area contributed by atoms with Gasteiger partial charge in [0.05, 0.1) is 22.3 Å². The third-order valence-corrected chi connectivity index (χ3v) is 3.83. The minimum atomic E-state index is -1.07. The number of Topliss-reactive ketones (excluding diaryl/α,β-unsaturated/α-hetero) is 1. The second kappa shape index (κ2) is 4.42. The number of aromatic nitrogens is 1. The van der Waals surface area contributed by atoms with E-state index in [-0.39, 0.29) is 11.3 Å². The molecule has 1 heterocycles. The molecule has 3 rings (SSSR count). The van der Waals surface area contributed by atoms with Gasteiger partial charge in [0, 0.05) is 16.3 Å². The molecular formula is C14H10BrNO3. The van der Waals surface area contributed by atoms with Gasteiger partial charge in [-0.25, -0.2) is 4.79 Å². The number of nitrogens with zero attached hydrogens (tertiary/aromatic N) is 1. The smallest absolute Gasteiger partial charge is 0.337 e. The minimum absolute atomic E-state index is 0.0889. The number of hydrogen-bond donors (Lipinski definition) is 1. The van der Waals surface area contributed by atoms with Gasteiger partial charge in [0.15, 0.2) is 5.78 Å². The van der Waals surface area contributed by atoms with Crippen LogP contribution in [0, 0.1) is 0 Å². The zero-order chi connectivity index (χ0) is 13.6. The van der Waals surface area contributed by atoms with Gasteiger partial charge in [0.25, 0.3) is 0 Å². The van der Waals surface area contributed by atoms with Crippen LogP contribution in [0.2, 0.25) is 0 Å². The number of fused-ring (bicyclic) bond motifs is 2. The van der Waals surface area contributed by atoms with Crippen LogP contribution in [0.25, 0.3) is 10.9 Å². The molecule has 96 valence electrons. The van der Waals surface area contributed by atoms with Gasteiger partial charge in [-0.3, -0.25) is 9.78 Å². The van der Waals surface area contributed by atoms with E-state index in [4.69, 9.17) is 0 Å². The van der Waals surface area contributed by atoms with E-state index in [9.17, 15) is 14.7 Å². The molecule has 5 heteroatoms. The molecule has 0 saturated carbocycles. The molecule has 1 aliphatic carbocycles. The first-order valence-electron chi connectivity index (χ1n) is 5.96. The number of carbonyl (C=O) groups is 2. The summed E-state index contributed by atoms with van der Waals surface area (Å²) in [5.41, 5.74) is 1.62. The predicted molar refractivity (Wildman–Crippen MR) is 73.7 cm³/mol. The van der Waals surface area contributed by atoms with Crippen molar-refractivity contribution in [2.24, 2.45) is 0 Å². The first-order chi connectivity index (χ1) is 9.08. The molecule has 0 bridgehead atoms. The first kappa shape index (κ1) is 12.3. The molecule has 0 saturated heterocycles. The summed E-state index contributed by atoms with van der Waals surface area (Å²) in [6, 6.07) is 5.29. The van der Waals surface area contributed by atoms with Gasteiger partial charge in [-0.15, -0.1) is 0 Å². The van der Waals surface area contributed by atoms with Gasteiger partial charge in [0.2, 0.25) is 0 Å². The van der Waals surface area contributed by atoms with Crippen molar-refractivity contribution < 1.29 is 14.7 Å². The maximum absolute atomic E-state index is 12.0. The summed E-state index contributed by atoms with van der Waals surface area (Å²) in [5, 5.41) is 9.96. The second-order valence-corrected chi connectivity index (χ2v) is 5.47. The summed E-state index contributed by atoms with van der Waals surface area (Å²) in [6.45, 7) is 0. The minimum Gasteiger partial charge on any atom is -0.478 e. The summed E-state index contributed by atoms with van der Waals surface area (Å²) in [7, 11) is 0. The Labute approximate surface area is 117 Å². The molecule has 0 radical (unpaired) electrons. The van der Waals surface area contributed by atoms with Gasteiger partial charge in [-0.2, -0.15) is 0 Å². The van der Waals surface area contributed by atoms with Crippen LogP contribution < -0.4 is 0 Å². The molecule has 19 heavy (non-hydrogen) atoms. The quantitative estimate of drug-likeness (QED) is 0.876. The highest BCUT2D eigenvalue weighted by molar-refractivity contribution is 9.10. The van der Waals surface area contributed by atoms with Crippen LogP contribution in [0.15, 0.2) is 22.7 Å². The Kier molecular flexibility index (Phi) is 2.86. The maximum atomic E-state index is 12.0. The molecule has 4 nitrogen and oxygen atoms in total. The number of rotatable bonds is 1. The van der Waals surface area contributed by atoms with Crippen LogP contribution in [-0.4, -0.2) is 21.8 Å². The summed E-state index contributed by atoms with van der Waals surface area (Å²) >= 11 is 3.32. The van der Waals surface area contributed by atoms with E-state index in [0.29, 0.717) is 35.0 Å². The van der Waals surface area contributed by atoms with Gasteiger partial charge < -0.3 is 5.11 Å². The number of carbonyl (C=O) groups excluding carboxylic acids is 1. The van der Waals surface area contributed by atoms with E-state index < -0.39 is 5.97 Å². The van der Waals surface area contributed by atoms with Crippen LogP contribution in [0.5, 0.6) is 0 Å². The van der Waals surface area contributed by atoms with Crippen molar-refractivity contribution in [1.29, 1.82) is 0 Å². The summed E-state index contributed by atoms with van der Waals surface area (Å²) in [4.78, 5) is 28.0. The molecule has 0 fully saturated rings. The molecule has 0 spiro atoms. The van der Waals surface area contributed by atoms with Gasteiger partial charge >= 0.3 is 5.97 Å². The zero-order valence-electron chi connectivity index (χ0n) is 9.94. The lowest BCUT2D eigenvalue weighted by Crippen LogP contribution is -2.18. The highest BCUT2D eigenvalue weighted by Gasteiger charge is 2.27. The molecule has 0 unspecified atom stereocenters. The molecule has 1 aromatic carbocycles. The maximum Gasteiger partial charge on any atom is 0.337 e. The topological polar surface area (TPSA) is 67.3 Å². The van der Waals surface area contributed by atoms with Crippen molar-refractivity contribution in [3.63, 3.8) is 0 Å². The van der Waals surface area contributed by atoms with E-state index in [1.165, 1.54) is 0 Å². The highest BCUT2D eigenvalue weighted by atomic mass is 79.9. The fraction of sp³-hybridized carbons (Fsp3) is 0.214. The third kappa shape index (κ3) is 1.94. The van der Waals surface area contributed by atoms with Crippen LogP contribution in [0.3, 0.4) is 0 Å². The fourth-order valence-electron chi connectivity index (χ4n) is 2.53. The monoisotopic (exact) mass is 319 g/mol. The molecular weight excluding hydrogens is 310 g/mol. The number of carboxylic acid groups (broad SMARTS) is 1. The Morgan fingerprint density at radius 2 is 2.11 bits per heavy atom. The summed E-state index contributed by atoms with van der Waals surface area (Å²) < 4.78 is 0.771. The zero-order valence-corrected chi connectivity index (χ0v) is 11.5. The van der Waals surface area contributed by atoms with E-state index in [2.05, 4.69) is 20.9 Å². The van der Waals surface area contributed by atoms with E-state index in [1.807, 2.05) is 6.07 Å². The Balaban J connectivity index is 2.47. The first-order valence-corrected chi connectivity index (χ1v) is 6.76. The van der Waals surface area contributed by atoms with Crippen LogP contribution in [0.1, 0.15) is 39.3 Å². The molecule has 1 N–H and O–H groups in total. The lowest BCUT2D eigenvalue weighted by molar-refractivity contribution is 0.0693. The van der Waals surface area contributed by atoms with Crippen molar-refractivity contribution >= 4 is 38.6 Å². The van der Waals surface area contributed by atoms with Crippen molar-refractivity contribution in [1.82, 2.24) is 4.98 Å². The highest BCUT2D eigenvalue weighted by Crippen LogP contribution is 2.30. The van der Waals surface area contributed by atoms with Gasteiger partial charge in [-0.1, -0.05) is 15.9 Å². The van der Waals surface area contributed by atoms with Crippen LogP contribution >= 0.6 is 15.9 Å². The Hall–Kier alpha value is -1.75. The number of pyridine rings is 1. The van der Waals surface area contributed by atoms with Crippen molar-refractivity contribution in [2.75, 3.05) is 0 Å². The van der Waals surface area contributed by atoms with Crippen LogP contribution in [0.4, 0.5) is 0 Å². The number of hydrogen-bond acceptors (Lipinski definition) is 3. The van der Waals surface area contributed by atoms with Crippen molar-refractivity contribution in [3.05, 3.63) is 39.5 Å². The summed E-state index contributed by atoms with van der Waals surface area (Å²) in [5.74, 6) is -1.19. The van der Waals surface area contributed by atoms with Crippen LogP contribution in [-0.2, 0) is 6.42 Å². The molecule has 0 amide bonds. The Morgan fingerprint density at radius 3 is 2.84 bits per heavy atom. The van der Waals surface area contributed by atoms with Gasteiger partial charge in [0.1, 0.15) is 0 Å². The van der Waals surface area contributed by atoms with Crippen molar-refractivity contribution in [2.45, 2.75) is 19.3 Å². The average Bonchev–Trinajstić information content (AvgIpc) is 2.36. The molecule has 0 aliphatic heterocycles. The van der Waals surface area contributed by atoms with E-state index >= 15 is 0 Å². The average molecular weight is 320 g/mol. The second-order valence-electron chi connectivity index (χ2n) is 4.55. The largest absolute Gasteiger partial charge is 0.478 e. The molecule has 0 atom stereocenters. The normalized spacial score (nSPS) is 14.5. The SMILES string of the molecule is O=C1CCCc2nc3ccc(Br)cc3c(C(=O)O)c21. The number of aromatic carboxylic acids is 1.